The molecule has 6 heteroatoms. The number of amides is 3. The molecule has 120 valence electrons. The summed E-state index contributed by atoms with van der Waals surface area (Å²) in [5.74, 6) is -0.0391. The van der Waals surface area contributed by atoms with Gasteiger partial charge in [0.05, 0.1) is 11.5 Å². The lowest BCUT2D eigenvalue weighted by atomic mass is 9.91. The number of hydrogen-bond donors (Lipinski definition) is 1. The maximum Gasteiger partial charge on any atom is 0.319 e. The molecule has 2 saturated heterocycles. The van der Waals surface area contributed by atoms with Crippen molar-refractivity contribution in [3.63, 3.8) is 0 Å². The summed E-state index contributed by atoms with van der Waals surface area (Å²) in [6, 6.07) is -0.0295. The lowest BCUT2D eigenvalue weighted by Crippen LogP contribution is -2.53. The molecule has 2 unspecified atom stereocenters. The average Bonchev–Trinajstić information content (AvgIpc) is 2.44. The molecule has 2 aliphatic rings. The maximum absolute atomic E-state index is 12.6. The van der Waals surface area contributed by atoms with Crippen LogP contribution in [0.4, 0.5) is 4.79 Å². The molecule has 21 heavy (non-hydrogen) atoms. The molecule has 0 radical (unpaired) electrons. The Bertz CT molecular complexity index is 409. The molecule has 0 aromatic carbocycles. The standard InChI is InChI=1S/C15H27N3O3/c1-15(21)7-5-9-18(11-15)13(19)12-6-4-8-17(10-12)14(20)16(2)3/h12,21H,4-11H2,1-3H3. The van der Waals surface area contributed by atoms with Crippen molar-refractivity contribution in [3.8, 4) is 0 Å². The summed E-state index contributed by atoms with van der Waals surface area (Å²) >= 11 is 0. The van der Waals surface area contributed by atoms with Crippen molar-refractivity contribution in [3.05, 3.63) is 0 Å². The molecular formula is C15H27N3O3. The van der Waals surface area contributed by atoms with Crippen molar-refractivity contribution in [2.24, 2.45) is 5.92 Å². The average molecular weight is 297 g/mol. The third kappa shape index (κ3) is 3.87. The second kappa shape index (κ2) is 6.22. The van der Waals surface area contributed by atoms with Crippen molar-refractivity contribution in [2.45, 2.75) is 38.2 Å². The van der Waals surface area contributed by atoms with Gasteiger partial charge in [-0.05, 0) is 32.6 Å². The van der Waals surface area contributed by atoms with E-state index in [9.17, 15) is 14.7 Å². The van der Waals surface area contributed by atoms with Gasteiger partial charge in [-0.2, -0.15) is 0 Å². The molecule has 0 aromatic rings. The molecule has 2 rings (SSSR count). The summed E-state index contributed by atoms with van der Waals surface area (Å²) in [5.41, 5.74) is -0.776. The zero-order valence-corrected chi connectivity index (χ0v) is 13.3. The largest absolute Gasteiger partial charge is 0.388 e. The zero-order chi connectivity index (χ0) is 15.6. The predicted octanol–water partition coefficient (Wildman–Crippen LogP) is 0.753. The summed E-state index contributed by atoms with van der Waals surface area (Å²) in [5, 5.41) is 10.1. The van der Waals surface area contributed by atoms with Gasteiger partial charge in [0.2, 0.25) is 5.91 Å². The Morgan fingerprint density at radius 3 is 2.48 bits per heavy atom. The Kier molecular flexibility index (Phi) is 4.76. The minimum atomic E-state index is -0.776. The number of carbonyl (C=O) groups is 2. The van der Waals surface area contributed by atoms with Crippen LogP contribution in [0.1, 0.15) is 32.6 Å². The number of β-amino-alcohol motifs (C(OH)–C–C–N with tert-alkyl or cyclic N) is 1. The van der Waals surface area contributed by atoms with Crippen LogP contribution in [0.15, 0.2) is 0 Å². The van der Waals surface area contributed by atoms with Crippen LogP contribution in [0.2, 0.25) is 0 Å². The SMILES string of the molecule is CN(C)C(=O)N1CCCC(C(=O)N2CCCC(C)(O)C2)C1. The van der Waals surface area contributed by atoms with Crippen LogP contribution in [0, 0.1) is 5.92 Å². The first-order valence-electron chi connectivity index (χ1n) is 7.77. The maximum atomic E-state index is 12.6. The predicted molar refractivity (Wildman–Crippen MR) is 79.8 cm³/mol. The van der Waals surface area contributed by atoms with E-state index in [0.29, 0.717) is 19.6 Å². The van der Waals surface area contributed by atoms with Crippen LogP contribution < -0.4 is 0 Å². The van der Waals surface area contributed by atoms with Gasteiger partial charge in [0.1, 0.15) is 0 Å². The van der Waals surface area contributed by atoms with E-state index in [4.69, 9.17) is 0 Å². The quantitative estimate of drug-likeness (QED) is 0.777. The van der Waals surface area contributed by atoms with Crippen molar-refractivity contribution in [1.82, 2.24) is 14.7 Å². The molecule has 0 aromatic heterocycles. The van der Waals surface area contributed by atoms with Crippen molar-refractivity contribution >= 4 is 11.9 Å². The van der Waals surface area contributed by atoms with E-state index in [1.54, 1.807) is 35.7 Å². The highest BCUT2D eigenvalue weighted by atomic mass is 16.3. The molecule has 1 N–H and O–H groups in total. The molecule has 0 aliphatic carbocycles. The van der Waals surface area contributed by atoms with Crippen LogP contribution in [0.3, 0.4) is 0 Å². The summed E-state index contributed by atoms with van der Waals surface area (Å²) < 4.78 is 0. The Morgan fingerprint density at radius 2 is 1.86 bits per heavy atom. The first kappa shape index (κ1) is 16.1. The fourth-order valence-electron chi connectivity index (χ4n) is 3.30. The Labute approximate surface area is 126 Å². The van der Waals surface area contributed by atoms with Crippen LogP contribution in [-0.4, -0.2) is 77.6 Å². The third-order valence-corrected chi connectivity index (χ3v) is 4.41. The van der Waals surface area contributed by atoms with Crippen LogP contribution >= 0.6 is 0 Å². The smallest absolute Gasteiger partial charge is 0.319 e. The van der Waals surface area contributed by atoms with Crippen molar-refractivity contribution in [1.29, 1.82) is 0 Å². The summed E-state index contributed by atoms with van der Waals surface area (Å²) in [6.07, 6.45) is 3.27. The molecule has 0 bridgehead atoms. The number of urea groups is 1. The lowest BCUT2D eigenvalue weighted by Gasteiger charge is -2.40. The van der Waals surface area contributed by atoms with Gasteiger partial charge in [-0.25, -0.2) is 4.79 Å². The number of likely N-dealkylation sites (tertiary alicyclic amines) is 2. The molecule has 3 amide bonds. The lowest BCUT2D eigenvalue weighted by molar-refractivity contribution is -0.143. The molecule has 2 heterocycles. The van der Waals surface area contributed by atoms with Crippen molar-refractivity contribution < 1.29 is 14.7 Å². The molecule has 0 saturated carbocycles. The molecular weight excluding hydrogens is 270 g/mol. The Hall–Kier alpha value is -1.30. The number of carbonyl (C=O) groups excluding carboxylic acids is 2. The zero-order valence-electron chi connectivity index (χ0n) is 13.3. The van der Waals surface area contributed by atoms with Gasteiger partial charge >= 0.3 is 6.03 Å². The van der Waals surface area contributed by atoms with Gasteiger partial charge in [-0.3, -0.25) is 4.79 Å². The number of piperidine rings is 2. The minimum Gasteiger partial charge on any atom is -0.388 e. The number of rotatable bonds is 1. The number of aliphatic hydroxyl groups is 1. The second-order valence-corrected chi connectivity index (χ2v) is 6.82. The monoisotopic (exact) mass is 297 g/mol. The number of hydrogen-bond acceptors (Lipinski definition) is 3. The first-order valence-corrected chi connectivity index (χ1v) is 7.77. The van der Waals surface area contributed by atoms with Gasteiger partial charge in [0.15, 0.2) is 0 Å². The Morgan fingerprint density at radius 1 is 1.19 bits per heavy atom. The van der Waals surface area contributed by atoms with E-state index in [1.807, 2.05) is 0 Å². The summed E-state index contributed by atoms with van der Waals surface area (Å²) in [6.45, 7) is 4.12. The van der Waals surface area contributed by atoms with Crippen LogP contribution in [0.25, 0.3) is 0 Å². The van der Waals surface area contributed by atoms with E-state index in [2.05, 4.69) is 0 Å². The third-order valence-electron chi connectivity index (χ3n) is 4.41. The molecule has 0 spiro atoms. The minimum absolute atomic E-state index is 0.0295. The van der Waals surface area contributed by atoms with E-state index in [1.165, 1.54) is 0 Å². The van der Waals surface area contributed by atoms with Crippen LogP contribution in [-0.2, 0) is 4.79 Å². The van der Waals surface area contributed by atoms with Gasteiger partial charge in [0.25, 0.3) is 0 Å². The molecule has 2 aliphatic heterocycles. The van der Waals surface area contributed by atoms with E-state index >= 15 is 0 Å². The normalized spacial score (nSPS) is 30.2. The molecule has 2 fully saturated rings. The Balaban J connectivity index is 1.97. The van der Waals surface area contributed by atoms with Crippen molar-refractivity contribution in [2.75, 3.05) is 40.3 Å². The van der Waals surface area contributed by atoms with E-state index < -0.39 is 5.60 Å². The van der Waals surface area contributed by atoms with Gasteiger partial charge in [0, 0.05) is 40.3 Å². The fourth-order valence-corrected chi connectivity index (χ4v) is 3.30. The summed E-state index contributed by atoms with van der Waals surface area (Å²) in [4.78, 5) is 29.8. The molecule has 6 nitrogen and oxygen atoms in total. The van der Waals surface area contributed by atoms with Gasteiger partial charge < -0.3 is 19.8 Å². The van der Waals surface area contributed by atoms with Gasteiger partial charge in [-0.15, -0.1) is 0 Å². The summed E-state index contributed by atoms with van der Waals surface area (Å²) in [7, 11) is 3.46. The molecule has 2 atom stereocenters. The van der Waals surface area contributed by atoms with E-state index in [-0.39, 0.29) is 17.9 Å². The van der Waals surface area contributed by atoms with Gasteiger partial charge in [-0.1, -0.05) is 0 Å². The first-order chi connectivity index (χ1) is 9.80. The topological polar surface area (TPSA) is 64.1 Å². The highest BCUT2D eigenvalue weighted by molar-refractivity contribution is 5.81. The van der Waals surface area contributed by atoms with Crippen LogP contribution in [0.5, 0.6) is 0 Å². The fraction of sp³-hybridized carbons (Fsp3) is 0.867. The second-order valence-electron chi connectivity index (χ2n) is 6.82. The van der Waals surface area contributed by atoms with E-state index in [0.717, 1.165) is 32.2 Å². The highest BCUT2D eigenvalue weighted by Crippen LogP contribution is 2.25. The number of nitrogens with zero attached hydrogens (tertiary/aromatic N) is 3. The highest BCUT2D eigenvalue weighted by Gasteiger charge is 2.36.